The van der Waals surface area contributed by atoms with Crippen LogP contribution in [0.2, 0.25) is 0 Å². The number of benzene rings is 2. The second kappa shape index (κ2) is 4.21. The molecule has 0 aromatic heterocycles. The molecule has 0 aliphatic carbocycles. The molecule has 1 aliphatic heterocycles. The molecule has 1 saturated heterocycles. The van der Waals surface area contributed by atoms with Crippen molar-refractivity contribution in [3.63, 3.8) is 0 Å². The molecule has 1 aliphatic rings. The molecule has 0 bridgehead atoms. The number of hydrogen-bond acceptors (Lipinski definition) is 2. The van der Waals surface area contributed by atoms with Gasteiger partial charge in [0.2, 0.25) is 0 Å². The second-order valence-electron chi connectivity index (χ2n) is 5.33. The Kier molecular flexibility index (Phi) is 2.64. The van der Waals surface area contributed by atoms with Gasteiger partial charge in [-0.1, -0.05) is 42.5 Å². The van der Waals surface area contributed by atoms with E-state index < -0.39 is 0 Å². The Morgan fingerprint density at radius 3 is 2.53 bits per heavy atom. The summed E-state index contributed by atoms with van der Waals surface area (Å²) in [4.78, 5) is 11.9. The highest BCUT2D eigenvalue weighted by molar-refractivity contribution is 6.04. The third-order valence-electron chi connectivity index (χ3n) is 3.53. The van der Waals surface area contributed by atoms with E-state index in [1.165, 1.54) is 5.39 Å². The van der Waals surface area contributed by atoms with Gasteiger partial charge in [0.15, 0.2) is 0 Å². The molecular formula is C16H16N2O. The lowest BCUT2D eigenvalue weighted by Gasteiger charge is -2.17. The van der Waals surface area contributed by atoms with Crippen molar-refractivity contribution in [3.8, 4) is 0 Å². The van der Waals surface area contributed by atoms with E-state index in [2.05, 4.69) is 29.1 Å². The maximum absolute atomic E-state index is 11.9. The van der Waals surface area contributed by atoms with Crippen molar-refractivity contribution in [1.82, 2.24) is 10.9 Å². The smallest absolute Gasteiger partial charge is 0.263 e. The SMILES string of the molecule is CC1(C)NNC(=O)/C1=C\c1cccc2ccccc12. The number of nitrogens with one attached hydrogen (secondary N) is 2. The molecule has 3 rings (SSSR count). The maximum atomic E-state index is 11.9. The van der Waals surface area contributed by atoms with Gasteiger partial charge in [-0.3, -0.25) is 10.2 Å². The molecule has 0 radical (unpaired) electrons. The fourth-order valence-corrected chi connectivity index (χ4v) is 2.41. The lowest BCUT2D eigenvalue weighted by atomic mass is 9.92. The van der Waals surface area contributed by atoms with Gasteiger partial charge in [0.1, 0.15) is 0 Å². The molecule has 1 fully saturated rings. The normalized spacial score (nSPS) is 19.9. The second-order valence-corrected chi connectivity index (χ2v) is 5.33. The number of hydrogen-bond donors (Lipinski definition) is 2. The highest BCUT2D eigenvalue weighted by atomic mass is 16.2. The van der Waals surface area contributed by atoms with Gasteiger partial charge >= 0.3 is 0 Å². The first-order valence-electron chi connectivity index (χ1n) is 6.35. The Morgan fingerprint density at radius 1 is 1.05 bits per heavy atom. The van der Waals surface area contributed by atoms with E-state index in [-0.39, 0.29) is 11.4 Å². The first kappa shape index (κ1) is 11.9. The standard InChI is InChI=1S/C16H16N2O/c1-16(2)14(15(19)17-18-16)10-12-8-5-7-11-6-3-4-9-13(11)12/h3-10,18H,1-2H3,(H,17,19)/b14-10+. The van der Waals surface area contributed by atoms with Gasteiger partial charge in [-0.25, -0.2) is 5.43 Å². The van der Waals surface area contributed by atoms with Gasteiger partial charge in [0.05, 0.1) is 5.54 Å². The minimum absolute atomic E-state index is 0.0575. The molecular weight excluding hydrogens is 236 g/mol. The van der Waals surface area contributed by atoms with Crippen LogP contribution >= 0.6 is 0 Å². The topological polar surface area (TPSA) is 41.1 Å². The average Bonchev–Trinajstić information content (AvgIpc) is 2.66. The Morgan fingerprint density at radius 2 is 1.79 bits per heavy atom. The zero-order valence-corrected chi connectivity index (χ0v) is 11.0. The third-order valence-corrected chi connectivity index (χ3v) is 3.53. The monoisotopic (exact) mass is 252 g/mol. The molecule has 3 heteroatoms. The van der Waals surface area contributed by atoms with Crippen LogP contribution in [0.3, 0.4) is 0 Å². The minimum atomic E-state index is -0.353. The van der Waals surface area contributed by atoms with Crippen LogP contribution in [0.25, 0.3) is 16.8 Å². The highest BCUT2D eigenvalue weighted by Crippen LogP contribution is 2.26. The Bertz CT molecular complexity index is 681. The number of fused-ring (bicyclic) bond motifs is 1. The predicted octanol–water partition coefficient (Wildman–Crippen LogP) is 2.64. The van der Waals surface area contributed by atoms with Crippen LogP contribution in [0, 0.1) is 0 Å². The Hall–Kier alpha value is -2.13. The molecule has 1 heterocycles. The lowest BCUT2D eigenvalue weighted by molar-refractivity contribution is -0.116. The van der Waals surface area contributed by atoms with E-state index in [4.69, 9.17) is 0 Å². The summed E-state index contributed by atoms with van der Waals surface area (Å²) in [6, 6.07) is 14.3. The van der Waals surface area contributed by atoms with Crippen molar-refractivity contribution in [2.45, 2.75) is 19.4 Å². The quantitative estimate of drug-likeness (QED) is 0.766. The lowest BCUT2D eigenvalue weighted by Crippen LogP contribution is -2.38. The van der Waals surface area contributed by atoms with Crippen LogP contribution in [-0.4, -0.2) is 11.4 Å². The van der Waals surface area contributed by atoms with Crippen LogP contribution in [0.5, 0.6) is 0 Å². The van der Waals surface area contributed by atoms with Crippen molar-refractivity contribution in [2.24, 2.45) is 0 Å². The minimum Gasteiger partial charge on any atom is -0.287 e. The van der Waals surface area contributed by atoms with Gasteiger partial charge in [0.25, 0.3) is 5.91 Å². The molecule has 2 N–H and O–H groups in total. The summed E-state index contributed by atoms with van der Waals surface area (Å²) in [5, 5.41) is 2.34. The molecule has 3 nitrogen and oxygen atoms in total. The van der Waals surface area contributed by atoms with Gasteiger partial charge in [-0.15, -0.1) is 0 Å². The van der Waals surface area contributed by atoms with Gasteiger partial charge in [-0.2, -0.15) is 0 Å². The molecule has 1 amide bonds. The van der Waals surface area contributed by atoms with Crippen LogP contribution in [0.4, 0.5) is 0 Å². The van der Waals surface area contributed by atoms with E-state index in [0.717, 1.165) is 16.5 Å². The largest absolute Gasteiger partial charge is 0.287 e. The molecule has 96 valence electrons. The van der Waals surface area contributed by atoms with Crippen LogP contribution in [0.15, 0.2) is 48.0 Å². The fourth-order valence-electron chi connectivity index (χ4n) is 2.41. The Labute approximate surface area is 112 Å². The number of amides is 1. The average molecular weight is 252 g/mol. The molecule has 0 unspecified atom stereocenters. The first-order valence-corrected chi connectivity index (χ1v) is 6.35. The zero-order chi connectivity index (χ0) is 13.5. The van der Waals surface area contributed by atoms with Gasteiger partial charge < -0.3 is 0 Å². The van der Waals surface area contributed by atoms with Gasteiger partial charge in [-0.05, 0) is 36.3 Å². The van der Waals surface area contributed by atoms with Crippen molar-refractivity contribution in [2.75, 3.05) is 0 Å². The summed E-state index contributed by atoms with van der Waals surface area (Å²) >= 11 is 0. The number of carbonyl (C=O) groups is 1. The Balaban J connectivity index is 2.18. The number of rotatable bonds is 1. The van der Waals surface area contributed by atoms with E-state index in [0.29, 0.717) is 0 Å². The summed E-state index contributed by atoms with van der Waals surface area (Å²) in [6.45, 7) is 3.98. The maximum Gasteiger partial charge on any atom is 0.263 e. The van der Waals surface area contributed by atoms with Crippen LogP contribution in [-0.2, 0) is 4.79 Å². The van der Waals surface area contributed by atoms with Crippen molar-refractivity contribution < 1.29 is 4.79 Å². The number of hydrazine groups is 1. The summed E-state index contributed by atoms with van der Waals surface area (Å²) < 4.78 is 0. The van der Waals surface area contributed by atoms with E-state index >= 15 is 0 Å². The summed E-state index contributed by atoms with van der Waals surface area (Å²) in [7, 11) is 0. The summed E-state index contributed by atoms with van der Waals surface area (Å²) in [5.41, 5.74) is 7.14. The molecule has 0 atom stereocenters. The molecule has 0 saturated carbocycles. The fraction of sp³-hybridized carbons (Fsp3) is 0.188. The first-order chi connectivity index (χ1) is 9.08. The van der Waals surface area contributed by atoms with E-state index in [9.17, 15) is 4.79 Å². The van der Waals surface area contributed by atoms with Crippen LogP contribution in [0.1, 0.15) is 19.4 Å². The molecule has 2 aromatic rings. The predicted molar refractivity (Wildman–Crippen MR) is 77.3 cm³/mol. The zero-order valence-electron chi connectivity index (χ0n) is 11.0. The van der Waals surface area contributed by atoms with Crippen molar-refractivity contribution in [3.05, 3.63) is 53.6 Å². The van der Waals surface area contributed by atoms with Crippen molar-refractivity contribution in [1.29, 1.82) is 0 Å². The van der Waals surface area contributed by atoms with Gasteiger partial charge in [0, 0.05) is 5.57 Å². The molecule has 0 spiro atoms. The number of carbonyl (C=O) groups excluding carboxylic acids is 1. The van der Waals surface area contributed by atoms with Crippen LogP contribution < -0.4 is 10.9 Å². The van der Waals surface area contributed by atoms with E-state index in [1.807, 2.05) is 44.2 Å². The van der Waals surface area contributed by atoms with Crippen molar-refractivity contribution >= 4 is 22.8 Å². The third kappa shape index (κ3) is 2.02. The van der Waals surface area contributed by atoms with E-state index in [1.54, 1.807) is 0 Å². The highest BCUT2D eigenvalue weighted by Gasteiger charge is 2.34. The summed E-state index contributed by atoms with van der Waals surface area (Å²) in [5.74, 6) is -0.0575. The molecule has 19 heavy (non-hydrogen) atoms. The summed E-state index contributed by atoms with van der Waals surface area (Å²) in [6.07, 6.45) is 1.97. The molecule has 2 aromatic carbocycles.